The standard InChI is InChI=1S/C29H25N3O7/c1-32(2)23-18-12-15-11-17-14(6-3-13-4-8-16(30)9-5-13)7-10-19(33)21(17)24(34)20(15)26(36)29(18,39)27(37)22(25(23)35)28(31)38/h4-5,7-12,15,18,23,33-34,37,39H,30H2,1-2H3,(H2,31,38)/t15?,18?,23-,29-/m0/s1. The third-order valence-corrected chi connectivity index (χ3v) is 7.39. The number of benzene rings is 2. The lowest BCUT2D eigenvalue weighted by Crippen LogP contribution is -2.66. The predicted octanol–water partition coefficient (Wildman–Crippen LogP) is 0.770. The number of ketones is 2. The number of nitrogens with two attached hydrogens (primary N) is 2. The summed E-state index contributed by atoms with van der Waals surface area (Å²) in [5.41, 5.74) is 9.07. The summed E-state index contributed by atoms with van der Waals surface area (Å²) in [7, 11) is 3.04. The lowest BCUT2D eigenvalue weighted by atomic mass is 9.57. The van der Waals surface area contributed by atoms with Gasteiger partial charge in [-0.3, -0.25) is 19.3 Å². The van der Waals surface area contributed by atoms with E-state index in [2.05, 4.69) is 11.8 Å². The maximum Gasteiger partial charge on any atom is 0.255 e. The molecule has 8 N–H and O–H groups in total. The molecule has 4 atom stereocenters. The molecule has 3 aliphatic rings. The minimum atomic E-state index is -2.75. The Bertz CT molecular complexity index is 1580. The van der Waals surface area contributed by atoms with Gasteiger partial charge in [-0.15, -0.1) is 0 Å². The molecule has 39 heavy (non-hydrogen) atoms. The topological polar surface area (TPSA) is 187 Å². The van der Waals surface area contributed by atoms with Gasteiger partial charge in [-0.2, -0.15) is 0 Å². The van der Waals surface area contributed by atoms with Crippen molar-refractivity contribution in [2.75, 3.05) is 19.8 Å². The zero-order valence-electron chi connectivity index (χ0n) is 21.0. The van der Waals surface area contributed by atoms with Crippen LogP contribution in [0.1, 0.15) is 22.3 Å². The summed E-state index contributed by atoms with van der Waals surface area (Å²) in [5.74, 6) is -1.60. The highest BCUT2D eigenvalue weighted by molar-refractivity contribution is 6.24. The van der Waals surface area contributed by atoms with Gasteiger partial charge in [0.15, 0.2) is 11.4 Å². The number of nitrogens with zero attached hydrogens (tertiary/aromatic N) is 1. The van der Waals surface area contributed by atoms with E-state index >= 15 is 0 Å². The summed E-state index contributed by atoms with van der Waals surface area (Å²) in [6.07, 6.45) is 3.06. The number of nitrogen functional groups attached to an aromatic ring is 1. The van der Waals surface area contributed by atoms with Gasteiger partial charge in [0.05, 0.1) is 11.6 Å². The Morgan fingerprint density at radius 2 is 1.69 bits per heavy atom. The van der Waals surface area contributed by atoms with E-state index in [4.69, 9.17) is 11.5 Å². The molecule has 0 saturated heterocycles. The molecule has 3 aliphatic carbocycles. The molecule has 2 radical (unpaired) electrons. The Kier molecular flexibility index (Phi) is 6.01. The van der Waals surface area contributed by atoms with Gasteiger partial charge in [0, 0.05) is 40.6 Å². The molecule has 1 amide bonds. The smallest absolute Gasteiger partial charge is 0.255 e. The van der Waals surface area contributed by atoms with Crippen LogP contribution in [0.25, 0.3) is 5.76 Å². The maximum atomic E-state index is 13.8. The Balaban J connectivity index is 1.68. The van der Waals surface area contributed by atoms with E-state index in [9.17, 15) is 34.8 Å². The zero-order chi connectivity index (χ0) is 28.4. The quantitative estimate of drug-likeness (QED) is 0.186. The van der Waals surface area contributed by atoms with E-state index in [-0.39, 0.29) is 16.9 Å². The highest BCUT2D eigenvalue weighted by Crippen LogP contribution is 2.53. The Morgan fingerprint density at radius 1 is 1.03 bits per heavy atom. The lowest BCUT2D eigenvalue weighted by molar-refractivity contribution is -0.149. The van der Waals surface area contributed by atoms with Crippen LogP contribution >= 0.6 is 0 Å². The van der Waals surface area contributed by atoms with Crippen molar-refractivity contribution in [2.24, 2.45) is 17.6 Å². The minimum absolute atomic E-state index is 0.0798. The second-order valence-corrected chi connectivity index (χ2v) is 9.92. The van der Waals surface area contributed by atoms with Gasteiger partial charge in [0.2, 0.25) is 5.78 Å². The lowest BCUT2D eigenvalue weighted by Gasteiger charge is -2.50. The van der Waals surface area contributed by atoms with Crippen molar-refractivity contribution in [3.63, 3.8) is 0 Å². The second-order valence-electron chi connectivity index (χ2n) is 9.92. The van der Waals surface area contributed by atoms with Gasteiger partial charge in [-0.05, 0) is 62.5 Å². The number of phenolic OH excluding ortho intramolecular Hbond substituents is 1. The molecule has 0 spiro atoms. The number of hydrogen-bond donors (Lipinski definition) is 6. The molecule has 2 aromatic carbocycles. The molecule has 5 rings (SSSR count). The second kappa shape index (κ2) is 9.01. The first-order valence-electron chi connectivity index (χ1n) is 12.0. The molecule has 2 aromatic rings. The number of hydrogen-bond acceptors (Lipinski definition) is 9. The summed E-state index contributed by atoms with van der Waals surface area (Å²) in [6, 6.07) is 8.55. The van der Waals surface area contributed by atoms with Crippen LogP contribution in [-0.4, -0.2) is 68.5 Å². The van der Waals surface area contributed by atoms with E-state index in [0.717, 1.165) is 0 Å². The van der Waals surface area contributed by atoms with Gasteiger partial charge in [-0.25, -0.2) is 0 Å². The van der Waals surface area contributed by atoms with Crippen molar-refractivity contribution in [1.82, 2.24) is 4.90 Å². The number of phenols is 1. The summed E-state index contributed by atoms with van der Waals surface area (Å²) in [6.45, 7) is 0. The minimum Gasteiger partial charge on any atom is -0.508 e. The first-order valence-corrected chi connectivity index (χ1v) is 12.0. The summed E-state index contributed by atoms with van der Waals surface area (Å²) >= 11 is 0. The number of aliphatic hydroxyl groups excluding tert-OH is 2. The number of amides is 1. The van der Waals surface area contributed by atoms with E-state index in [0.29, 0.717) is 22.4 Å². The fourth-order valence-electron chi connectivity index (χ4n) is 5.54. The van der Waals surface area contributed by atoms with Crippen LogP contribution in [0, 0.1) is 36.5 Å². The number of primary amides is 1. The SMILES string of the molecule is CN(C)[C@@H]1C(=O)C(C(N)=O)=C(O)[C@@]2(O)C(=O)C3=C(O)c4c(O)ccc(C#Cc5ccc(N)cc5)c4[CH]C3[CH]C12. The molecule has 10 nitrogen and oxygen atoms in total. The number of aliphatic hydroxyl groups is 3. The molecule has 0 heterocycles. The highest BCUT2D eigenvalue weighted by atomic mass is 16.3. The number of Topliss-reactive ketones (excluding diaryl/α,β-unsaturated/α-hetero) is 2. The zero-order valence-corrected chi connectivity index (χ0v) is 21.0. The average Bonchev–Trinajstić information content (AvgIpc) is 2.86. The van der Waals surface area contributed by atoms with Crippen molar-refractivity contribution < 1.29 is 34.8 Å². The number of carbonyl (C=O) groups excluding carboxylic acids is 3. The van der Waals surface area contributed by atoms with Crippen molar-refractivity contribution in [3.05, 3.63) is 88.4 Å². The van der Waals surface area contributed by atoms with Crippen LogP contribution in [0.15, 0.2) is 53.3 Å². The van der Waals surface area contributed by atoms with Crippen LogP contribution in [-0.2, 0) is 14.4 Å². The number of carbonyl (C=O) groups is 3. The summed E-state index contributed by atoms with van der Waals surface area (Å²) < 4.78 is 0. The van der Waals surface area contributed by atoms with E-state index in [1.165, 1.54) is 31.5 Å². The molecule has 1 fully saturated rings. The van der Waals surface area contributed by atoms with Gasteiger partial charge < -0.3 is 31.9 Å². The van der Waals surface area contributed by atoms with Crippen molar-refractivity contribution in [3.8, 4) is 17.6 Å². The molecule has 198 valence electrons. The fraction of sp³-hybridized carbons (Fsp3) is 0.207. The predicted molar refractivity (Wildman–Crippen MR) is 140 cm³/mol. The highest BCUT2D eigenvalue weighted by Gasteiger charge is 2.64. The fourth-order valence-corrected chi connectivity index (χ4v) is 5.54. The molecule has 0 aromatic heterocycles. The number of fused-ring (bicyclic) bond motifs is 3. The van der Waals surface area contributed by atoms with Crippen molar-refractivity contribution >= 4 is 28.9 Å². The van der Waals surface area contributed by atoms with Crippen LogP contribution < -0.4 is 11.5 Å². The molecule has 2 unspecified atom stereocenters. The summed E-state index contributed by atoms with van der Waals surface area (Å²) in [5, 5.41) is 44.4. The van der Waals surface area contributed by atoms with Gasteiger partial charge >= 0.3 is 0 Å². The first kappa shape index (κ1) is 26.0. The van der Waals surface area contributed by atoms with Crippen LogP contribution in [0.4, 0.5) is 5.69 Å². The van der Waals surface area contributed by atoms with Crippen molar-refractivity contribution in [1.29, 1.82) is 0 Å². The Hall–Kier alpha value is -4.59. The third-order valence-electron chi connectivity index (χ3n) is 7.39. The van der Waals surface area contributed by atoms with E-state index < -0.39 is 58.0 Å². The number of rotatable bonds is 2. The van der Waals surface area contributed by atoms with Gasteiger partial charge in [-0.1, -0.05) is 11.8 Å². The normalized spacial score (nSPS) is 26.0. The van der Waals surface area contributed by atoms with Crippen LogP contribution in [0.3, 0.4) is 0 Å². The molecule has 0 bridgehead atoms. The third kappa shape index (κ3) is 3.78. The van der Waals surface area contributed by atoms with Gasteiger partial charge in [0.25, 0.3) is 5.91 Å². The monoisotopic (exact) mass is 527 g/mol. The van der Waals surface area contributed by atoms with Crippen LogP contribution in [0.5, 0.6) is 5.75 Å². The molecular formula is C29H25N3O7. The summed E-state index contributed by atoms with van der Waals surface area (Å²) in [4.78, 5) is 40.4. The van der Waals surface area contributed by atoms with E-state index in [1.54, 1.807) is 36.8 Å². The molecular weight excluding hydrogens is 502 g/mol. The van der Waals surface area contributed by atoms with Gasteiger partial charge in [0.1, 0.15) is 22.8 Å². The van der Waals surface area contributed by atoms with Crippen molar-refractivity contribution in [2.45, 2.75) is 11.6 Å². The first-order chi connectivity index (χ1) is 18.4. The molecule has 1 saturated carbocycles. The van der Waals surface area contributed by atoms with Crippen LogP contribution in [0.2, 0.25) is 0 Å². The van der Waals surface area contributed by atoms with E-state index in [1.807, 2.05) is 0 Å². The molecule has 10 heteroatoms. The number of likely N-dealkylation sites (N-methyl/N-ethyl adjacent to an activating group) is 1. The Morgan fingerprint density at radius 3 is 2.31 bits per heavy atom. The number of aromatic hydroxyl groups is 1. The molecule has 0 aliphatic heterocycles. The largest absolute Gasteiger partial charge is 0.508 e. The average molecular weight is 528 g/mol. The maximum absolute atomic E-state index is 13.8. The Labute approximate surface area is 223 Å². The number of anilines is 1.